The molecule has 1 spiro atoms. The smallest absolute Gasteiger partial charge is 0.355 e. The number of halogens is 1. The number of hydrogen-bond acceptors (Lipinski definition) is 11. The number of aliphatic hydroxyl groups is 1. The summed E-state index contributed by atoms with van der Waals surface area (Å²) < 4.78 is 12.6. The van der Waals surface area contributed by atoms with Crippen LogP contribution in [-0.4, -0.2) is 108 Å². The van der Waals surface area contributed by atoms with Crippen LogP contribution in [-0.2, 0) is 30.3 Å². The van der Waals surface area contributed by atoms with Gasteiger partial charge in [0.05, 0.1) is 29.7 Å². The molecule has 7 rings (SSSR count). The summed E-state index contributed by atoms with van der Waals surface area (Å²) in [5, 5.41) is 32.7. The Morgan fingerprint density at radius 2 is 1.71 bits per heavy atom. The van der Waals surface area contributed by atoms with Gasteiger partial charge in [0.1, 0.15) is 23.7 Å². The summed E-state index contributed by atoms with van der Waals surface area (Å²) in [4.78, 5) is 71.2. The fourth-order valence-electron chi connectivity index (χ4n) is 7.02. The molecule has 0 aliphatic carbocycles. The lowest BCUT2D eigenvalue weighted by Crippen LogP contribution is -2.49. The van der Waals surface area contributed by atoms with Gasteiger partial charge >= 0.3 is 23.8 Å². The molecule has 2 unspecified atom stereocenters. The topological polar surface area (TPSA) is 235 Å². The van der Waals surface area contributed by atoms with Gasteiger partial charge in [-0.25, -0.2) is 9.59 Å². The number of nitrogens with one attached hydrogen (secondary N) is 5. The molecule has 5 amide bonds. The van der Waals surface area contributed by atoms with E-state index in [0.29, 0.717) is 72.5 Å². The minimum Gasteiger partial charge on any atom is -0.455 e. The van der Waals surface area contributed by atoms with E-state index >= 15 is 0 Å². The zero-order valence-electron chi connectivity index (χ0n) is 32.5. The number of benzene rings is 3. The Kier molecular flexibility index (Phi) is 11.7. The van der Waals surface area contributed by atoms with Crippen molar-refractivity contribution in [3.63, 3.8) is 0 Å². The van der Waals surface area contributed by atoms with E-state index in [1.54, 1.807) is 86.3 Å². The third-order valence-electron chi connectivity index (χ3n) is 9.93. The summed E-state index contributed by atoms with van der Waals surface area (Å²) in [6, 6.07) is 16.4. The molecule has 0 radical (unpaired) electrons. The van der Waals surface area contributed by atoms with E-state index in [-0.39, 0.29) is 34.5 Å². The highest BCUT2D eigenvalue weighted by Crippen LogP contribution is 2.36. The molecular weight excluding hydrogens is 784 g/mol. The van der Waals surface area contributed by atoms with Crippen LogP contribution in [0, 0.1) is 0 Å². The zero-order valence-corrected chi connectivity index (χ0v) is 33.2. The van der Waals surface area contributed by atoms with Crippen molar-refractivity contribution in [1.29, 1.82) is 0 Å². The number of rotatable bonds is 9. The van der Waals surface area contributed by atoms with Gasteiger partial charge in [0.2, 0.25) is 5.91 Å². The highest BCUT2D eigenvalue weighted by Gasteiger charge is 2.43. The van der Waals surface area contributed by atoms with Gasteiger partial charge in [0.15, 0.2) is 0 Å². The van der Waals surface area contributed by atoms with E-state index in [4.69, 9.17) is 21.1 Å². The van der Waals surface area contributed by atoms with Gasteiger partial charge in [-0.05, 0) is 104 Å². The predicted molar refractivity (Wildman–Crippen MR) is 216 cm³/mol. The Bertz CT molecular complexity index is 2370. The fourth-order valence-corrected chi connectivity index (χ4v) is 7.20. The summed E-state index contributed by atoms with van der Waals surface area (Å²) in [7, 11) is 0. The number of hydrogen-bond donors (Lipinski definition) is 6. The highest BCUT2D eigenvalue weighted by molar-refractivity contribution is 6.40. The first-order valence-electron chi connectivity index (χ1n) is 18.9. The maximum Gasteiger partial charge on any atom is 0.355 e. The average molecular weight is 827 g/mol. The van der Waals surface area contributed by atoms with Crippen molar-refractivity contribution >= 4 is 69.3 Å². The largest absolute Gasteiger partial charge is 0.455 e. The van der Waals surface area contributed by atoms with E-state index in [1.165, 1.54) is 17.1 Å². The van der Waals surface area contributed by atoms with Gasteiger partial charge in [-0.2, -0.15) is 4.68 Å². The van der Waals surface area contributed by atoms with Crippen LogP contribution in [0.15, 0.2) is 73.1 Å². The van der Waals surface area contributed by atoms with Crippen molar-refractivity contribution < 1.29 is 38.6 Å². The first-order chi connectivity index (χ1) is 28.1. The molecule has 3 aromatic carbocycles. The van der Waals surface area contributed by atoms with Gasteiger partial charge in [0.25, 0.3) is 0 Å². The molecule has 2 aromatic heterocycles. The molecule has 2 saturated heterocycles. The van der Waals surface area contributed by atoms with Crippen LogP contribution in [0.1, 0.15) is 56.1 Å². The highest BCUT2D eigenvalue weighted by atomic mass is 35.5. The van der Waals surface area contributed by atoms with Gasteiger partial charge < -0.3 is 45.7 Å². The zero-order chi connectivity index (χ0) is 41.9. The Morgan fingerprint density at radius 3 is 2.39 bits per heavy atom. The first-order valence-corrected chi connectivity index (χ1v) is 19.3. The molecule has 0 saturated carbocycles. The van der Waals surface area contributed by atoms with Gasteiger partial charge in [-0.1, -0.05) is 23.7 Å². The number of ether oxygens (including phenoxy) is 2. The number of aliphatic hydroxyl groups excluding tert-OH is 1. The maximum atomic E-state index is 13.9. The van der Waals surface area contributed by atoms with Crippen molar-refractivity contribution in [3.8, 4) is 5.69 Å². The Labute approximate surface area is 342 Å². The number of fused-ring (bicyclic) bond motifs is 1. The molecule has 2 aliphatic heterocycles. The predicted octanol–water partition coefficient (Wildman–Crippen LogP) is 4.20. The monoisotopic (exact) mass is 826 g/mol. The van der Waals surface area contributed by atoms with Crippen LogP contribution in [0.5, 0.6) is 0 Å². The van der Waals surface area contributed by atoms with Crippen molar-refractivity contribution in [1.82, 2.24) is 35.4 Å². The molecule has 18 nitrogen and oxygen atoms in total. The van der Waals surface area contributed by atoms with Gasteiger partial charge in [-0.3, -0.25) is 14.4 Å². The number of carbonyl (C=O) groups is 5. The van der Waals surface area contributed by atoms with Crippen molar-refractivity contribution in [2.24, 2.45) is 0 Å². The van der Waals surface area contributed by atoms with E-state index < -0.39 is 41.4 Å². The second-order valence-electron chi connectivity index (χ2n) is 15.5. The Hall–Kier alpha value is -6.37. The van der Waals surface area contributed by atoms with Crippen LogP contribution in [0.3, 0.4) is 0 Å². The number of aromatic nitrogens is 5. The molecule has 2 aliphatic rings. The van der Waals surface area contributed by atoms with E-state index in [9.17, 15) is 29.1 Å². The minimum absolute atomic E-state index is 0.0403. The third-order valence-corrected chi connectivity index (χ3v) is 10.2. The Morgan fingerprint density at radius 1 is 0.966 bits per heavy atom. The summed E-state index contributed by atoms with van der Waals surface area (Å²) in [6.07, 6.45) is 2.62. The summed E-state index contributed by atoms with van der Waals surface area (Å²) in [5.41, 5.74) is 1.76. The van der Waals surface area contributed by atoms with Crippen molar-refractivity contribution in [2.75, 3.05) is 35.6 Å². The molecule has 2 fully saturated rings. The van der Waals surface area contributed by atoms with Crippen LogP contribution in [0.25, 0.3) is 16.6 Å². The number of piperidine rings is 1. The molecule has 5 aromatic rings. The number of urea groups is 1. The third kappa shape index (κ3) is 10.0. The van der Waals surface area contributed by atoms with Gasteiger partial charge in [-0.15, -0.1) is 5.10 Å². The van der Waals surface area contributed by atoms with Crippen LogP contribution in [0.2, 0.25) is 5.02 Å². The molecule has 59 heavy (non-hydrogen) atoms. The normalized spacial score (nSPS) is 16.7. The quantitative estimate of drug-likeness (QED) is 0.0910. The summed E-state index contributed by atoms with van der Waals surface area (Å²) in [5.74, 6) is -3.36. The summed E-state index contributed by atoms with van der Waals surface area (Å²) in [6.45, 7) is 6.58. The fraction of sp³-hybridized carbons (Fsp3) is 0.350. The van der Waals surface area contributed by atoms with E-state index in [2.05, 4.69) is 41.8 Å². The molecule has 2 atom stereocenters. The number of amides is 5. The number of carbonyl (C=O) groups excluding carboxylic acids is 5. The lowest BCUT2D eigenvalue weighted by atomic mass is 9.88. The molecule has 0 bridgehead atoms. The summed E-state index contributed by atoms with van der Waals surface area (Å²) >= 11 is 6.19. The van der Waals surface area contributed by atoms with Crippen LogP contribution in [0.4, 0.5) is 21.9 Å². The Balaban J connectivity index is 1.05. The lowest BCUT2D eigenvalue weighted by Gasteiger charge is -2.38. The molecular formula is C40H43ClN10O8. The SMILES string of the molecule is CC(C)(C)OC(=O)c1cc2cc(NC(=O)C(Cc3ccc(NC(=O)N4CCC5(CC4)CC(O)CO5)cc3)NC(=O)C(=O)Nc3cc(Cl)ccc3-n3cnnn3)ccc2[nH]1. The second-order valence-corrected chi connectivity index (χ2v) is 16.0. The molecule has 308 valence electrons. The minimum atomic E-state index is -1.26. The number of tetrazole rings is 1. The van der Waals surface area contributed by atoms with Gasteiger partial charge in [0, 0.05) is 53.2 Å². The molecule has 4 heterocycles. The molecule has 6 N–H and O–H groups in total. The number of likely N-dealkylation sites (tertiary alicyclic amines) is 1. The van der Waals surface area contributed by atoms with E-state index in [1.807, 2.05) is 0 Å². The molecule has 19 heteroatoms. The van der Waals surface area contributed by atoms with Crippen molar-refractivity contribution in [2.45, 2.75) is 69.8 Å². The number of anilines is 3. The van der Waals surface area contributed by atoms with Crippen molar-refractivity contribution in [3.05, 3.63) is 89.3 Å². The van der Waals surface area contributed by atoms with Crippen LogP contribution >= 0.6 is 11.6 Å². The first kappa shape index (κ1) is 40.8. The number of H-pyrrole nitrogens is 1. The number of nitrogens with zero attached hydrogens (tertiary/aromatic N) is 5. The standard InChI is InChI=1S/C40H43ClN10O8/c1-39(2,3)59-37(56)32-18-24-17-27(9-10-29(24)45-32)43-34(53)31(47-36(55)35(54)46-30-19-25(41)6-11-33(30)51-22-42-48-49-51)16-23-4-7-26(8-5-23)44-38(57)50-14-12-40(13-15-50)20-28(52)21-58-40/h4-11,17-19,22,28,31,45,52H,12-16,20-21H2,1-3H3,(H,43,53)(H,44,57)(H,46,54)(H,47,55). The second kappa shape index (κ2) is 16.8. The van der Waals surface area contributed by atoms with Crippen LogP contribution < -0.4 is 21.3 Å². The number of aromatic amines is 1. The lowest BCUT2D eigenvalue weighted by molar-refractivity contribution is -0.137. The number of esters is 1. The van der Waals surface area contributed by atoms with E-state index in [0.717, 1.165) is 0 Å². The average Bonchev–Trinajstić information content (AvgIpc) is 3.96. The maximum absolute atomic E-state index is 13.9.